The van der Waals surface area contributed by atoms with E-state index >= 15 is 0 Å². The zero-order valence-corrected chi connectivity index (χ0v) is 6.47. The van der Waals surface area contributed by atoms with E-state index in [1.165, 1.54) is 12.8 Å². The summed E-state index contributed by atoms with van der Waals surface area (Å²) in [5, 5.41) is 0. The molecule has 0 heterocycles. The number of hydrogen-bond acceptors (Lipinski definition) is 2. The molecule has 1 saturated carbocycles. The first-order valence-corrected chi connectivity index (χ1v) is 4.01. The molecule has 0 saturated heterocycles. The van der Waals surface area contributed by atoms with Gasteiger partial charge in [-0.25, -0.2) is 0 Å². The van der Waals surface area contributed by atoms with Gasteiger partial charge in [0.05, 0.1) is 0 Å². The standard InChI is InChI=1S/C8H15NO/c1-2-7(10)5-8(9)6-3-4-6/h6,8H,2-5,9H2,1H3. The van der Waals surface area contributed by atoms with E-state index in [0.29, 0.717) is 24.5 Å². The molecule has 0 bridgehead atoms. The number of hydrogen-bond donors (Lipinski definition) is 1. The summed E-state index contributed by atoms with van der Waals surface area (Å²) in [5.74, 6) is 0.967. The van der Waals surface area contributed by atoms with E-state index in [1.54, 1.807) is 0 Å². The SMILES string of the molecule is CCC(=O)CC(N)C1CC1. The van der Waals surface area contributed by atoms with Crippen LogP contribution in [0.3, 0.4) is 0 Å². The molecule has 0 radical (unpaired) electrons. The second-order valence-corrected chi connectivity index (χ2v) is 3.10. The Bertz CT molecular complexity index is 129. The Kier molecular flexibility index (Phi) is 2.44. The first-order valence-electron chi connectivity index (χ1n) is 4.01. The molecule has 10 heavy (non-hydrogen) atoms. The van der Waals surface area contributed by atoms with Crippen LogP contribution in [0, 0.1) is 5.92 Å². The van der Waals surface area contributed by atoms with Gasteiger partial charge in [0.15, 0.2) is 0 Å². The van der Waals surface area contributed by atoms with E-state index in [2.05, 4.69) is 0 Å². The van der Waals surface area contributed by atoms with Gasteiger partial charge in [0.2, 0.25) is 0 Å². The van der Waals surface area contributed by atoms with Crippen LogP contribution in [0.2, 0.25) is 0 Å². The molecule has 1 fully saturated rings. The largest absolute Gasteiger partial charge is 0.327 e. The Morgan fingerprint density at radius 1 is 1.70 bits per heavy atom. The summed E-state index contributed by atoms with van der Waals surface area (Å²) >= 11 is 0. The van der Waals surface area contributed by atoms with E-state index in [9.17, 15) is 4.79 Å². The summed E-state index contributed by atoms with van der Waals surface area (Å²) in [7, 11) is 0. The van der Waals surface area contributed by atoms with Crippen molar-refractivity contribution in [3.63, 3.8) is 0 Å². The van der Waals surface area contributed by atoms with Gasteiger partial charge in [0.1, 0.15) is 5.78 Å². The van der Waals surface area contributed by atoms with E-state index in [-0.39, 0.29) is 6.04 Å². The third kappa shape index (κ3) is 2.10. The Morgan fingerprint density at radius 2 is 2.30 bits per heavy atom. The number of carbonyl (C=O) groups excluding carboxylic acids is 1. The van der Waals surface area contributed by atoms with E-state index in [0.717, 1.165) is 0 Å². The quantitative estimate of drug-likeness (QED) is 0.637. The lowest BCUT2D eigenvalue weighted by Crippen LogP contribution is -2.25. The van der Waals surface area contributed by atoms with Gasteiger partial charge in [0, 0.05) is 18.9 Å². The zero-order chi connectivity index (χ0) is 7.56. The second-order valence-electron chi connectivity index (χ2n) is 3.10. The van der Waals surface area contributed by atoms with Gasteiger partial charge in [0.25, 0.3) is 0 Å². The van der Waals surface area contributed by atoms with Crippen LogP contribution in [0.4, 0.5) is 0 Å². The summed E-state index contributed by atoms with van der Waals surface area (Å²) < 4.78 is 0. The van der Waals surface area contributed by atoms with Crippen molar-refractivity contribution in [3.8, 4) is 0 Å². The molecule has 2 N–H and O–H groups in total. The molecule has 1 aliphatic carbocycles. The molecule has 0 aromatic carbocycles. The first-order chi connectivity index (χ1) is 4.74. The average molecular weight is 141 g/mol. The van der Waals surface area contributed by atoms with Crippen molar-refractivity contribution in [3.05, 3.63) is 0 Å². The van der Waals surface area contributed by atoms with Crippen LogP contribution < -0.4 is 5.73 Å². The van der Waals surface area contributed by atoms with Crippen LogP contribution in [-0.4, -0.2) is 11.8 Å². The van der Waals surface area contributed by atoms with Crippen molar-refractivity contribution < 1.29 is 4.79 Å². The molecule has 2 heteroatoms. The van der Waals surface area contributed by atoms with E-state index in [1.807, 2.05) is 6.92 Å². The molecule has 0 aromatic heterocycles. The fraction of sp³-hybridized carbons (Fsp3) is 0.875. The third-order valence-corrected chi connectivity index (χ3v) is 2.09. The lowest BCUT2D eigenvalue weighted by molar-refractivity contribution is -0.119. The molecule has 0 amide bonds. The Balaban J connectivity index is 2.16. The Morgan fingerprint density at radius 3 is 2.70 bits per heavy atom. The predicted octanol–water partition coefficient (Wildman–Crippen LogP) is 1.09. The monoisotopic (exact) mass is 141 g/mol. The summed E-state index contributed by atoms with van der Waals surface area (Å²) in [6.45, 7) is 1.89. The minimum Gasteiger partial charge on any atom is -0.327 e. The van der Waals surface area contributed by atoms with Crippen molar-refractivity contribution in [2.75, 3.05) is 0 Å². The molecule has 0 spiro atoms. The van der Waals surface area contributed by atoms with Gasteiger partial charge >= 0.3 is 0 Å². The maximum absolute atomic E-state index is 10.9. The Hall–Kier alpha value is -0.370. The molecule has 2 nitrogen and oxygen atoms in total. The van der Waals surface area contributed by atoms with Gasteiger partial charge in [-0.3, -0.25) is 4.79 Å². The average Bonchev–Trinajstić information content (AvgIpc) is 2.68. The van der Waals surface area contributed by atoms with Crippen molar-refractivity contribution in [2.45, 2.75) is 38.6 Å². The zero-order valence-electron chi connectivity index (χ0n) is 6.47. The van der Waals surface area contributed by atoms with Crippen LogP contribution in [0.1, 0.15) is 32.6 Å². The maximum atomic E-state index is 10.9. The second kappa shape index (κ2) is 3.15. The molecule has 1 aliphatic rings. The summed E-state index contributed by atoms with van der Waals surface area (Å²) in [6, 6.07) is 0.160. The minimum absolute atomic E-state index is 0.160. The third-order valence-electron chi connectivity index (χ3n) is 2.09. The molecule has 58 valence electrons. The van der Waals surface area contributed by atoms with Gasteiger partial charge < -0.3 is 5.73 Å². The summed E-state index contributed by atoms with van der Waals surface area (Å²) in [6.07, 6.45) is 3.71. The molecule has 1 rings (SSSR count). The van der Waals surface area contributed by atoms with Crippen LogP contribution in [-0.2, 0) is 4.79 Å². The maximum Gasteiger partial charge on any atom is 0.134 e. The summed E-state index contributed by atoms with van der Waals surface area (Å²) in [5.41, 5.74) is 5.73. The number of carbonyl (C=O) groups is 1. The van der Waals surface area contributed by atoms with Gasteiger partial charge in [-0.2, -0.15) is 0 Å². The molecule has 0 aliphatic heterocycles. The van der Waals surface area contributed by atoms with Crippen LogP contribution >= 0.6 is 0 Å². The lowest BCUT2D eigenvalue weighted by Gasteiger charge is -2.06. The van der Waals surface area contributed by atoms with Crippen molar-refractivity contribution in [2.24, 2.45) is 11.7 Å². The predicted molar refractivity (Wildman–Crippen MR) is 40.6 cm³/mol. The number of nitrogens with two attached hydrogens (primary N) is 1. The van der Waals surface area contributed by atoms with Crippen LogP contribution in [0.5, 0.6) is 0 Å². The Labute approximate surface area is 61.8 Å². The molecule has 1 atom stereocenters. The number of rotatable bonds is 4. The van der Waals surface area contributed by atoms with Crippen molar-refractivity contribution >= 4 is 5.78 Å². The first kappa shape index (κ1) is 7.73. The highest BCUT2D eigenvalue weighted by Gasteiger charge is 2.29. The highest BCUT2D eigenvalue weighted by atomic mass is 16.1. The number of Topliss-reactive ketones (excluding diaryl/α,β-unsaturated/α-hetero) is 1. The molecular formula is C8H15NO. The fourth-order valence-corrected chi connectivity index (χ4v) is 1.10. The van der Waals surface area contributed by atoms with E-state index < -0.39 is 0 Å². The normalized spacial score (nSPS) is 20.6. The molecule has 0 aromatic rings. The van der Waals surface area contributed by atoms with Gasteiger partial charge in [-0.1, -0.05) is 6.92 Å². The highest BCUT2D eigenvalue weighted by molar-refractivity contribution is 5.78. The highest BCUT2D eigenvalue weighted by Crippen LogP contribution is 2.32. The van der Waals surface area contributed by atoms with Gasteiger partial charge in [-0.05, 0) is 18.8 Å². The van der Waals surface area contributed by atoms with E-state index in [4.69, 9.17) is 5.73 Å². The van der Waals surface area contributed by atoms with Crippen LogP contribution in [0.25, 0.3) is 0 Å². The smallest absolute Gasteiger partial charge is 0.134 e. The number of ketones is 1. The fourth-order valence-electron chi connectivity index (χ4n) is 1.10. The lowest BCUT2D eigenvalue weighted by atomic mass is 10.1. The van der Waals surface area contributed by atoms with Crippen molar-refractivity contribution in [1.29, 1.82) is 0 Å². The summed E-state index contributed by atoms with van der Waals surface area (Å²) in [4.78, 5) is 10.9. The van der Waals surface area contributed by atoms with Crippen LogP contribution in [0.15, 0.2) is 0 Å². The molecule has 1 unspecified atom stereocenters. The van der Waals surface area contributed by atoms with Gasteiger partial charge in [-0.15, -0.1) is 0 Å². The topological polar surface area (TPSA) is 43.1 Å². The minimum atomic E-state index is 0.160. The van der Waals surface area contributed by atoms with Crippen molar-refractivity contribution in [1.82, 2.24) is 0 Å². The molecular weight excluding hydrogens is 126 g/mol.